The van der Waals surface area contributed by atoms with E-state index in [2.05, 4.69) is 15.6 Å². The first-order chi connectivity index (χ1) is 12.5. The van der Waals surface area contributed by atoms with Crippen LogP contribution in [0, 0.1) is 13.8 Å². The Balaban J connectivity index is 1.74. The van der Waals surface area contributed by atoms with Crippen molar-refractivity contribution in [1.82, 2.24) is 15.2 Å². The molecule has 2 aromatic carbocycles. The van der Waals surface area contributed by atoms with Crippen LogP contribution in [0.4, 0.5) is 0 Å². The molecule has 6 heteroatoms. The van der Waals surface area contributed by atoms with Crippen molar-refractivity contribution in [3.05, 3.63) is 70.9 Å². The number of carbonyl (C=O) groups excluding carboxylic acids is 1. The minimum absolute atomic E-state index is 0.273. The minimum Gasteiger partial charge on any atom is -0.507 e. The van der Waals surface area contributed by atoms with Crippen molar-refractivity contribution in [2.45, 2.75) is 13.8 Å². The Morgan fingerprint density at radius 2 is 1.81 bits per heavy atom. The van der Waals surface area contributed by atoms with E-state index in [0.717, 1.165) is 27.9 Å². The van der Waals surface area contributed by atoms with E-state index in [1.165, 1.54) is 4.68 Å². The molecule has 0 spiro atoms. The molecule has 2 N–H and O–H groups in total. The van der Waals surface area contributed by atoms with E-state index < -0.39 is 0 Å². The maximum atomic E-state index is 12.4. The van der Waals surface area contributed by atoms with Gasteiger partial charge < -0.3 is 5.11 Å². The fourth-order valence-electron chi connectivity index (χ4n) is 2.72. The lowest BCUT2D eigenvalue weighted by Gasteiger charge is -2.04. The van der Waals surface area contributed by atoms with Crippen LogP contribution in [-0.2, 0) is 7.05 Å². The number of benzene rings is 2. The number of aromatic hydroxyl groups is 1. The highest BCUT2D eigenvalue weighted by molar-refractivity contribution is 5.94. The third-order valence-corrected chi connectivity index (χ3v) is 4.08. The largest absolute Gasteiger partial charge is 0.507 e. The highest BCUT2D eigenvalue weighted by Gasteiger charge is 2.13. The van der Waals surface area contributed by atoms with Crippen molar-refractivity contribution >= 4 is 12.1 Å². The number of hydrazone groups is 1. The van der Waals surface area contributed by atoms with Crippen LogP contribution in [0.2, 0.25) is 0 Å². The molecule has 1 heterocycles. The summed E-state index contributed by atoms with van der Waals surface area (Å²) in [7, 11) is 1.72. The monoisotopic (exact) mass is 348 g/mol. The molecular weight excluding hydrogens is 328 g/mol. The Morgan fingerprint density at radius 1 is 1.15 bits per heavy atom. The van der Waals surface area contributed by atoms with Crippen molar-refractivity contribution in [2.75, 3.05) is 0 Å². The van der Waals surface area contributed by atoms with Gasteiger partial charge in [0.25, 0.3) is 5.91 Å². The molecule has 1 aromatic heterocycles. The number of hydrogen-bond donors (Lipinski definition) is 2. The number of aryl methyl sites for hydroxylation is 3. The minimum atomic E-state index is -0.342. The van der Waals surface area contributed by atoms with Crippen LogP contribution in [0.1, 0.15) is 27.2 Å². The number of phenolic OH excluding ortho intramolecular Hbond substituents is 1. The highest BCUT2D eigenvalue weighted by atomic mass is 16.3. The summed E-state index contributed by atoms with van der Waals surface area (Å²) < 4.78 is 1.53. The maximum absolute atomic E-state index is 12.4. The van der Waals surface area contributed by atoms with E-state index >= 15 is 0 Å². The second-order valence-electron chi connectivity index (χ2n) is 6.11. The van der Waals surface area contributed by atoms with E-state index in [1.807, 2.05) is 44.2 Å². The molecule has 0 saturated heterocycles. The Morgan fingerprint density at radius 3 is 2.46 bits per heavy atom. The normalized spacial score (nSPS) is 11.0. The first-order valence-electron chi connectivity index (χ1n) is 8.19. The zero-order valence-electron chi connectivity index (χ0n) is 14.9. The van der Waals surface area contributed by atoms with Crippen molar-refractivity contribution in [3.8, 4) is 17.0 Å². The lowest BCUT2D eigenvalue weighted by molar-refractivity contribution is 0.0945. The first kappa shape index (κ1) is 17.4. The van der Waals surface area contributed by atoms with Crippen molar-refractivity contribution in [1.29, 1.82) is 0 Å². The summed E-state index contributed by atoms with van der Waals surface area (Å²) in [6.45, 7) is 3.64. The molecular formula is C20H20N4O2. The molecule has 0 bridgehead atoms. The summed E-state index contributed by atoms with van der Waals surface area (Å²) in [4.78, 5) is 12.4. The van der Waals surface area contributed by atoms with Crippen LogP contribution >= 0.6 is 0 Å². The van der Waals surface area contributed by atoms with E-state index in [1.54, 1.807) is 31.5 Å². The fraction of sp³-hybridized carbons (Fsp3) is 0.150. The molecule has 0 aliphatic heterocycles. The fourth-order valence-corrected chi connectivity index (χ4v) is 2.72. The number of hydrogen-bond acceptors (Lipinski definition) is 4. The van der Waals surface area contributed by atoms with Gasteiger partial charge in [0.1, 0.15) is 11.4 Å². The molecule has 0 radical (unpaired) electrons. The van der Waals surface area contributed by atoms with Gasteiger partial charge in [-0.15, -0.1) is 0 Å². The lowest BCUT2D eigenvalue weighted by atomic mass is 10.1. The standard InChI is InChI=1S/C20H20N4O2/c1-13-9-15(10-14(2)19(13)25)12-21-22-20(26)18-11-17(23-24(18)3)16-7-5-4-6-8-16/h4-12,25H,1-3H3,(H,22,26)/b21-12+. The Hall–Kier alpha value is -3.41. The van der Waals surface area contributed by atoms with E-state index in [0.29, 0.717) is 5.69 Å². The molecule has 1 amide bonds. The number of carbonyl (C=O) groups is 1. The topological polar surface area (TPSA) is 79.5 Å². The van der Waals surface area contributed by atoms with Crippen LogP contribution in [0.5, 0.6) is 5.75 Å². The van der Waals surface area contributed by atoms with Crippen molar-refractivity contribution in [3.63, 3.8) is 0 Å². The van der Waals surface area contributed by atoms with Crippen molar-refractivity contribution < 1.29 is 9.90 Å². The van der Waals surface area contributed by atoms with Crippen LogP contribution in [0.3, 0.4) is 0 Å². The summed E-state index contributed by atoms with van der Waals surface area (Å²) >= 11 is 0. The Bertz CT molecular complexity index is 952. The average Bonchev–Trinajstić information content (AvgIpc) is 3.02. The molecule has 0 fully saturated rings. The molecule has 0 saturated carbocycles. The molecule has 0 aliphatic carbocycles. The van der Waals surface area contributed by atoms with E-state index in [-0.39, 0.29) is 11.7 Å². The predicted octanol–water partition coefficient (Wildman–Crippen LogP) is 3.17. The van der Waals surface area contributed by atoms with E-state index in [4.69, 9.17) is 0 Å². The number of nitrogens with one attached hydrogen (secondary N) is 1. The first-order valence-corrected chi connectivity index (χ1v) is 8.19. The number of aromatic nitrogens is 2. The second-order valence-corrected chi connectivity index (χ2v) is 6.11. The van der Waals surface area contributed by atoms with Gasteiger partial charge in [0.2, 0.25) is 0 Å². The van der Waals surface area contributed by atoms with Gasteiger partial charge in [0.15, 0.2) is 0 Å². The summed E-state index contributed by atoms with van der Waals surface area (Å²) in [5.41, 5.74) is 6.92. The van der Waals surface area contributed by atoms with E-state index in [9.17, 15) is 9.90 Å². The van der Waals surface area contributed by atoms with Crippen LogP contribution in [0.15, 0.2) is 53.6 Å². The quantitative estimate of drug-likeness (QED) is 0.561. The van der Waals surface area contributed by atoms with Crippen molar-refractivity contribution in [2.24, 2.45) is 12.1 Å². The molecule has 6 nitrogen and oxygen atoms in total. The molecule has 3 aromatic rings. The van der Waals surface area contributed by atoms with Crippen LogP contribution in [0.25, 0.3) is 11.3 Å². The summed E-state index contributed by atoms with van der Waals surface area (Å²) in [6.07, 6.45) is 1.55. The zero-order valence-corrected chi connectivity index (χ0v) is 14.9. The summed E-state index contributed by atoms with van der Waals surface area (Å²) in [6, 6.07) is 15.0. The lowest BCUT2D eigenvalue weighted by Crippen LogP contribution is -2.20. The van der Waals surface area contributed by atoms with Gasteiger partial charge in [-0.25, -0.2) is 5.43 Å². The van der Waals surface area contributed by atoms with Gasteiger partial charge in [-0.05, 0) is 48.7 Å². The van der Waals surface area contributed by atoms with Crippen LogP contribution < -0.4 is 5.43 Å². The molecule has 132 valence electrons. The summed E-state index contributed by atoms with van der Waals surface area (Å²) in [5, 5.41) is 18.2. The molecule has 26 heavy (non-hydrogen) atoms. The summed E-state index contributed by atoms with van der Waals surface area (Å²) in [5.74, 6) is -0.0693. The van der Waals surface area contributed by atoms with Gasteiger partial charge in [-0.1, -0.05) is 30.3 Å². The number of phenols is 1. The third-order valence-electron chi connectivity index (χ3n) is 4.08. The number of amides is 1. The van der Waals surface area contributed by atoms with Gasteiger partial charge in [-0.2, -0.15) is 10.2 Å². The van der Waals surface area contributed by atoms with Crippen LogP contribution in [-0.4, -0.2) is 27.0 Å². The molecule has 3 rings (SSSR count). The van der Waals surface area contributed by atoms with Gasteiger partial charge in [0.05, 0.1) is 11.9 Å². The van der Waals surface area contributed by atoms with Gasteiger partial charge >= 0.3 is 0 Å². The Kier molecular flexibility index (Phi) is 4.84. The number of rotatable bonds is 4. The Labute approximate surface area is 151 Å². The second kappa shape index (κ2) is 7.23. The van der Waals surface area contributed by atoms with Gasteiger partial charge in [0, 0.05) is 12.6 Å². The SMILES string of the molecule is Cc1cc(/C=N/NC(=O)c2cc(-c3ccccc3)nn2C)cc(C)c1O. The molecule has 0 unspecified atom stereocenters. The molecule has 0 atom stereocenters. The zero-order chi connectivity index (χ0) is 18.7. The number of nitrogens with zero attached hydrogens (tertiary/aromatic N) is 3. The molecule has 0 aliphatic rings. The average molecular weight is 348 g/mol. The highest BCUT2D eigenvalue weighted by Crippen LogP contribution is 2.22. The smallest absolute Gasteiger partial charge is 0.289 e. The maximum Gasteiger partial charge on any atom is 0.289 e. The van der Waals surface area contributed by atoms with Gasteiger partial charge in [-0.3, -0.25) is 9.48 Å². The predicted molar refractivity (Wildman–Crippen MR) is 101 cm³/mol. The third kappa shape index (κ3) is 3.64.